The summed E-state index contributed by atoms with van der Waals surface area (Å²) in [5.74, 6) is 4.97. The van der Waals surface area contributed by atoms with Gasteiger partial charge in [0, 0.05) is 35.5 Å². The van der Waals surface area contributed by atoms with Crippen LogP contribution in [-0.2, 0) is 26.7 Å². The van der Waals surface area contributed by atoms with Gasteiger partial charge in [-0.1, -0.05) is 54.1 Å². The predicted molar refractivity (Wildman–Crippen MR) is 158 cm³/mol. The number of benzene rings is 3. The largest absolute Gasteiger partial charge is 0.340 e. The highest BCUT2D eigenvalue weighted by atomic mass is 35.5. The van der Waals surface area contributed by atoms with E-state index in [1.807, 2.05) is 30.3 Å². The van der Waals surface area contributed by atoms with Crippen molar-refractivity contribution in [2.24, 2.45) is 16.0 Å². The van der Waals surface area contributed by atoms with Crippen molar-refractivity contribution in [3.63, 3.8) is 0 Å². The van der Waals surface area contributed by atoms with Crippen LogP contribution in [0.15, 0.2) is 89.1 Å². The summed E-state index contributed by atoms with van der Waals surface area (Å²) in [6.07, 6.45) is 3.81. The summed E-state index contributed by atoms with van der Waals surface area (Å²) < 4.78 is 11.2. The van der Waals surface area contributed by atoms with E-state index in [1.54, 1.807) is 18.2 Å². The Morgan fingerprint density at radius 1 is 1.07 bits per heavy atom. The van der Waals surface area contributed by atoms with Crippen LogP contribution >= 0.6 is 19.2 Å². The molecule has 6 N–H and O–H groups in total. The maximum absolute atomic E-state index is 13.2. The zero-order valence-corrected chi connectivity index (χ0v) is 22.9. The first-order chi connectivity index (χ1) is 19.0. The van der Waals surface area contributed by atoms with Crippen molar-refractivity contribution in [3.05, 3.63) is 101 Å². The molecule has 0 bridgehead atoms. The fraction of sp³-hybridized carbons (Fsp3) is 0.111. The molecule has 0 aromatic heterocycles. The molecule has 0 radical (unpaired) electrons. The molecule has 0 unspecified atom stereocenters. The minimum Gasteiger partial charge on any atom is -0.340 e. The van der Waals surface area contributed by atoms with Crippen LogP contribution in [0.2, 0.25) is 5.02 Å². The second kappa shape index (κ2) is 14.3. The number of nitrogens with zero attached hydrogens (tertiary/aromatic N) is 3. The van der Waals surface area contributed by atoms with Crippen LogP contribution in [-0.4, -0.2) is 40.7 Å². The van der Waals surface area contributed by atoms with Gasteiger partial charge in [-0.3, -0.25) is 19.2 Å². The van der Waals surface area contributed by atoms with E-state index in [0.29, 0.717) is 27.5 Å². The first-order valence-electron chi connectivity index (χ1n) is 11.8. The summed E-state index contributed by atoms with van der Waals surface area (Å²) >= 11 is 6.13. The number of rotatable bonds is 12. The molecule has 1 atom stereocenters. The summed E-state index contributed by atoms with van der Waals surface area (Å²) in [5.41, 5.74) is 2.66. The number of hydrogen-bond acceptors (Lipinski definition) is 6. The number of nitrogens with one attached hydrogen (secondary N) is 2. The van der Waals surface area contributed by atoms with Crippen LogP contribution in [0.3, 0.4) is 0 Å². The first kappa shape index (κ1) is 30.4. The van der Waals surface area contributed by atoms with Gasteiger partial charge in [0.2, 0.25) is 11.8 Å². The van der Waals surface area contributed by atoms with Crippen molar-refractivity contribution in [2.75, 3.05) is 10.3 Å². The second-order valence-corrected chi connectivity index (χ2v) is 10.7. The zero-order chi connectivity index (χ0) is 29.1. The minimum absolute atomic E-state index is 0.215. The van der Waals surface area contributed by atoms with Gasteiger partial charge in [-0.2, -0.15) is 5.10 Å². The summed E-state index contributed by atoms with van der Waals surface area (Å²) in [6, 6.07) is 19.2. The van der Waals surface area contributed by atoms with E-state index in [2.05, 4.69) is 27.6 Å². The molecule has 208 valence electrons. The van der Waals surface area contributed by atoms with Crippen LogP contribution in [0.4, 0.5) is 11.4 Å². The molecule has 0 aliphatic rings. The smallest absolute Gasteiger partial charge is 0.329 e. The molecule has 13 heteroatoms. The fourth-order valence-electron chi connectivity index (χ4n) is 3.65. The monoisotopic (exact) mass is 582 g/mol. The Morgan fingerprint density at radius 3 is 2.42 bits per heavy atom. The predicted octanol–water partition coefficient (Wildman–Crippen LogP) is 3.72. The number of halogens is 1. The summed E-state index contributed by atoms with van der Waals surface area (Å²) in [7, 11) is -4.22. The lowest BCUT2D eigenvalue weighted by atomic mass is 10.0. The molecule has 0 saturated heterocycles. The Bertz CT molecular complexity index is 1440. The van der Waals surface area contributed by atoms with Gasteiger partial charge in [0.1, 0.15) is 12.4 Å². The molecule has 2 amide bonds. The van der Waals surface area contributed by atoms with E-state index in [1.165, 1.54) is 47.8 Å². The third-order valence-corrected chi connectivity index (χ3v) is 6.48. The summed E-state index contributed by atoms with van der Waals surface area (Å²) in [5, 5.41) is 14.1. The highest BCUT2D eigenvalue weighted by molar-refractivity contribution is 7.50. The molecule has 11 nitrogen and oxygen atoms in total. The number of nitrogens with two attached hydrogens (primary N) is 1. The van der Waals surface area contributed by atoms with Gasteiger partial charge in [-0.15, -0.1) is 5.10 Å². The Kier molecular flexibility index (Phi) is 10.9. The zero-order valence-electron chi connectivity index (χ0n) is 21.2. The third kappa shape index (κ3) is 9.88. The van der Waals surface area contributed by atoms with Gasteiger partial charge >= 0.3 is 7.60 Å². The summed E-state index contributed by atoms with van der Waals surface area (Å²) in [4.78, 5) is 44.4. The summed E-state index contributed by atoms with van der Waals surface area (Å²) in [6.45, 7) is 3.26. The lowest BCUT2D eigenvalue weighted by molar-refractivity contribution is -0.123. The highest BCUT2D eigenvalue weighted by Gasteiger charge is 2.21. The van der Waals surface area contributed by atoms with Crippen LogP contribution < -0.4 is 21.5 Å². The Hall–Kier alpha value is -4.12. The molecule has 0 spiro atoms. The minimum atomic E-state index is -4.22. The third-order valence-electron chi connectivity index (χ3n) is 5.47. The molecule has 0 saturated carbocycles. The number of carbonyl (C=O) groups is 2. The first-order valence-corrected chi connectivity index (χ1v) is 14.0. The SMILES string of the molecule is C=N/N=C\N(N)c1ccc(Cl)cc1/C=C/C(=O)N[C@@H](Cc1ccccc1)C(=O)Nc1ccc(CP(=O)(O)O)cc1. The Balaban J connectivity index is 1.77. The molecular formula is C27H28ClN6O5P. The number of hydrogen-bond donors (Lipinski definition) is 5. The lowest BCUT2D eigenvalue weighted by Crippen LogP contribution is -2.44. The van der Waals surface area contributed by atoms with E-state index >= 15 is 0 Å². The van der Waals surface area contributed by atoms with Gasteiger partial charge < -0.3 is 20.4 Å². The molecule has 0 aliphatic heterocycles. The Morgan fingerprint density at radius 2 is 1.77 bits per heavy atom. The standard InChI is InChI=1S/C27H28ClN6O5P/c1-30-31-18-34(29)25-13-10-22(28)16-21(25)9-14-26(35)33-24(15-19-5-3-2-4-6-19)27(36)32-23-11-7-20(8-12-23)17-40(37,38)39/h2-14,16,18,24H,1,15,17,29H2,(H,32,36)(H,33,35)(H2,37,38,39)/b14-9+,31-18-/t24-/m0/s1. The van der Waals surface area contributed by atoms with Crippen LogP contribution in [0, 0.1) is 0 Å². The van der Waals surface area contributed by atoms with Crippen molar-refractivity contribution >= 4 is 61.5 Å². The van der Waals surface area contributed by atoms with Gasteiger partial charge in [0.25, 0.3) is 0 Å². The molecule has 3 aromatic rings. The topological polar surface area (TPSA) is 170 Å². The van der Waals surface area contributed by atoms with E-state index in [-0.39, 0.29) is 6.42 Å². The quantitative estimate of drug-likeness (QED) is 0.0541. The van der Waals surface area contributed by atoms with Crippen molar-refractivity contribution in [3.8, 4) is 0 Å². The highest BCUT2D eigenvalue weighted by Crippen LogP contribution is 2.39. The molecule has 0 heterocycles. The van der Waals surface area contributed by atoms with E-state index in [0.717, 1.165) is 5.56 Å². The van der Waals surface area contributed by atoms with Crippen molar-refractivity contribution in [1.82, 2.24) is 5.32 Å². The van der Waals surface area contributed by atoms with E-state index in [4.69, 9.17) is 27.2 Å². The van der Waals surface area contributed by atoms with E-state index in [9.17, 15) is 14.2 Å². The number of amides is 2. The van der Waals surface area contributed by atoms with Crippen molar-refractivity contribution in [2.45, 2.75) is 18.6 Å². The fourth-order valence-corrected chi connectivity index (χ4v) is 4.52. The van der Waals surface area contributed by atoms with Crippen LogP contribution in [0.5, 0.6) is 0 Å². The number of carbonyl (C=O) groups excluding carboxylic acids is 2. The van der Waals surface area contributed by atoms with Crippen LogP contribution in [0.1, 0.15) is 16.7 Å². The Labute approximate surface area is 236 Å². The molecule has 0 aliphatic carbocycles. The molecule has 3 aromatic carbocycles. The van der Waals surface area contributed by atoms with Crippen molar-refractivity contribution < 1.29 is 23.9 Å². The maximum atomic E-state index is 13.2. The number of hydrazine groups is 1. The average molecular weight is 583 g/mol. The van der Waals surface area contributed by atoms with Gasteiger partial charge in [-0.25, -0.2) is 5.84 Å². The maximum Gasteiger partial charge on any atom is 0.329 e. The van der Waals surface area contributed by atoms with Gasteiger partial charge in [0.15, 0.2) is 0 Å². The van der Waals surface area contributed by atoms with Gasteiger partial charge in [-0.05, 0) is 47.5 Å². The van der Waals surface area contributed by atoms with Crippen molar-refractivity contribution in [1.29, 1.82) is 0 Å². The second-order valence-electron chi connectivity index (χ2n) is 8.58. The van der Waals surface area contributed by atoms with E-state index < -0.39 is 31.6 Å². The van der Waals surface area contributed by atoms with Crippen LogP contribution in [0.25, 0.3) is 6.08 Å². The van der Waals surface area contributed by atoms with Gasteiger partial charge in [0.05, 0.1) is 11.8 Å². The molecular weight excluding hydrogens is 555 g/mol. The average Bonchev–Trinajstić information content (AvgIpc) is 2.91. The molecule has 3 rings (SSSR count). The molecule has 0 fully saturated rings. The normalized spacial score (nSPS) is 12.3. The molecule has 40 heavy (non-hydrogen) atoms. The lowest BCUT2D eigenvalue weighted by Gasteiger charge is -2.18. The number of anilines is 2.